The molecule has 35 heavy (non-hydrogen) atoms. The fourth-order valence-corrected chi connectivity index (χ4v) is 4.14. The Labute approximate surface area is 205 Å². The van der Waals surface area contributed by atoms with Gasteiger partial charge in [-0.1, -0.05) is 6.07 Å². The van der Waals surface area contributed by atoms with Crippen molar-refractivity contribution in [1.29, 1.82) is 0 Å². The van der Waals surface area contributed by atoms with E-state index in [0.29, 0.717) is 18.0 Å². The topological polar surface area (TPSA) is 108 Å². The summed E-state index contributed by atoms with van der Waals surface area (Å²) >= 11 is 1.53. The molecular formula is C25H25N5O4S. The fraction of sp³-hybridized carbons (Fsp3) is 0.240. The van der Waals surface area contributed by atoms with E-state index in [0.717, 1.165) is 20.9 Å². The smallest absolute Gasteiger partial charge is 0.267 e. The molecule has 3 heterocycles. The number of nitrogens with one attached hydrogen (secondary N) is 1. The molecule has 0 saturated carbocycles. The first kappa shape index (κ1) is 24.1. The Balaban J connectivity index is 1.43. The molecule has 9 nitrogen and oxygen atoms in total. The Morgan fingerprint density at radius 3 is 2.46 bits per heavy atom. The normalized spacial score (nSPS) is 11.7. The van der Waals surface area contributed by atoms with Gasteiger partial charge in [-0.3, -0.25) is 14.4 Å². The monoisotopic (exact) mass is 491 g/mol. The van der Waals surface area contributed by atoms with E-state index in [1.54, 1.807) is 19.1 Å². The highest BCUT2D eigenvalue weighted by molar-refractivity contribution is 7.13. The van der Waals surface area contributed by atoms with E-state index < -0.39 is 6.04 Å². The largest absolute Gasteiger partial charge is 0.494 e. The molecule has 0 spiro atoms. The average molecular weight is 492 g/mol. The van der Waals surface area contributed by atoms with Crippen LogP contribution in [0.2, 0.25) is 0 Å². The minimum Gasteiger partial charge on any atom is -0.494 e. The Kier molecular flexibility index (Phi) is 7.51. The first-order valence-corrected chi connectivity index (χ1v) is 12.1. The maximum absolute atomic E-state index is 12.8. The number of benzene rings is 1. The molecule has 0 aliphatic heterocycles. The molecule has 0 radical (unpaired) electrons. The third-order valence-corrected chi connectivity index (χ3v) is 6.19. The van der Waals surface area contributed by atoms with Gasteiger partial charge >= 0.3 is 0 Å². The summed E-state index contributed by atoms with van der Waals surface area (Å²) in [6.07, 6.45) is 0. The molecule has 1 amide bonds. The third-order valence-electron chi connectivity index (χ3n) is 5.30. The van der Waals surface area contributed by atoms with Gasteiger partial charge in [-0.25, -0.2) is 9.36 Å². The Bertz CT molecular complexity index is 1410. The van der Waals surface area contributed by atoms with Gasteiger partial charge < -0.3 is 10.1 Å². The van der Waals surface area contributed by atoms with Gasteiger partial charge in [0.15, 0.2) is 0 Å². The lowest BCUT2D eigenvalue weighted by Gasteiger charge is -2.15. The summed E-state index contributed by atoms with van der Waals surface area (Å²) in [6, 6.07) is 16.5. The number of hydrogen-bond acceptors (Lipinski definition) is 7. The summed E-state index contributed by atoms with van der Waals surface area (Å²) in [6.45, 7) is 4.46. The number of ether oxygens (including phenoxy) is 1. The second-order valence-electron chi connectivity index (χ2n) is 7.68. The number of amides is 1. The zero-order chi connectivity index (χ0) is 24.8. The van der Waals surface area contributed by atoms with Crippen LogP contribution in [0.4, 0.5) is 0 Å². The molecule has 4 rings (SSSR count). The Morgan fingerprint density at radius 1 is 1.00 bits per heavy atom. The zero-order valence-corrected chi connectivity index (χ0v) is 20.2. The SMILES string of the molecule is CCOc1ccc(-c2ccc(=O)n(C(C)C(=O)NCCn3nc(-c4cccs4)ccc3=O)n2)cc1. The van der Waals surface area contributed by atoms with Crippen LogP contribution >= 0.6 is 11.3 Å². The average Bonchev–Trinajstić information content (AvgIpc) is 3.41. The van der Waals surface area contributed by atoms with Gasteiger partial charge in [0.05, 0.1) is 23.7 Å². The summed E-state index contributed by atoms with van der Waals surface area (Å²) in [4.78, 5) is 38.3. The van der Waals surface area contributed by atoms with Gasteiger partial charge in [0.25, 0.3) is 11.1 Å². The van der Waals surface area contributed by atoms with Crippen LogP contribution in [0.15, 0.2) is 75.6 Å². The van der Waals surface area contributed by atoms with Crippen LogP contribution in [0.25, 0.3) is 21.8 Å². The molecule has 0 fully saturated rings. The number of thiophene rings is 1. The molecule has 0 saturated heterocycles. The van der Waals surface area contributed by atoms with E-state index in [2.05, 4.69) is 15.5 Å². The summed E-state index contributed by atoms with van der Waals surface area (Å²) in [5.74, 6) is 0.359. The van der Waals surface area contributed by atoms with Crippen LogP contribution in [0.3, 0.4) is 0 Å². The number of aromatic nitrogens is 4. The predicted octanol–water partition coefficient (Wildman–Crippen LogP) is 2.97. The second-order valence-corrected chi connectivity index (χ2v) is 8.63. The number of carbonyl (C=O) groups is 1. The van der Waals surface area contributed by atoms with Gasteiger partial charge in [0.2, 0.25) is 5.91 Å². The molecule has 10 heteroatoms. The highest BCUT2D eigenvalue weighted by Crippen LogP contribution is 2.21. The lowest BCUT2D eigenvalue weighted by Crippen LogP contribution is -2.39. The van der Waals surface area contributed by atoms with Gasteiger partial charge in [-0.05, 0) is 61.7 Å². The molecule has 3 aromatic heterocycles. The molecule has 1 aromatic carbocycles. The summed E-state index contributed by atoms with van der Waals surface area (Å²) < 4.78 is 7.93. The van der Waals surface area contributed by atoms with E-state index in [4.69, 9.17) is 4.74 Å². The minimum atomic E-state index is -0.840. The molecule has 180 valence electrons. The highest BCUT2D eigenvalue weighted by atomic mass is 32.1. The summed E-state index contributed by atoms with van der Waals surface area (Å²) in [7, 11) is 0. The first-order chi connectivity index (χ1) is 17.0. The number of hydrogen-bond donors (Lipinski definition) is 1. The van der Waals surface area contributed by atoms with Crippen LogP contribution in [0.1, 0.15) is 19.9 Å². The summed E-state index contributed by atoms with van der Waals surface area (Å²) in [5, 5.41) is 13.5. The summed E-state index contributed by atoms with van der Waals surface area (Å²) in [5.41, 5.74) is 1.41. The number of nitrogens with zero attached hydrogens (tertiary/aromatic N) is 4. The van der Waals surface area contributed by atoms with Crippen LogP contribution in [0, 0.1) is 0 Å². The molecule has 4 aromatic rings. The van der Waals surface area contributed by atoms with E-state index in [1.807, 2.05) is 48.7 Å². The minimum absolute atomic E-state index is 0.178. The van der Waals surface area contributed by atoms with E-state index >= 15 is 0 Å². The standard InChI is InChI=1S/C25H25N5O4S/c1-3-34-19-8-6-18(7-9-19)20-10-13-24(32)30(28-20)17(2)25(33)26-14-15-29-23(31)12-11-21(27-29)22-5-4-16-35-22/h4-13,16-17H,3,14-15H2,1-2H3,(H,26,33). The van der Waals surface area contributed by atoms with Crippen LogP contribution in [-0.2, 0) is 11.3 Å². The van der Waals surface area contributed by atoms with Crippen molar-refractivity contribution in [3.05, 3.63) is 86.8 Å². The molecule has 0 bridgehead atoms. The van der Waals surface area contributed by atoms with Crippen molar-refractivity contribution in [2.75, 3.05) is 13.2 Å². The van der Waals surface area contributed by atoms with Crippen molar-refractivity contribution < 1.29 is 9.53 Å². The lowest BCUT2D eigenvalue weighted by atomic mass is 10.1. The van der Waals surface area contributed by atoms with Gasteiger partial charge in [-0.2, -0.15) is 10.2 Å². The van der Waals surface area contributed by atoms with Crippen molar-refractivity contribution in [3.63, 3.8) is 0 Å². The predicted molar refractivity (Wildman–Crippen MR) is 135 cm³/mol. The van der Waals surface area contributed by atoms with E-state index in [1.165, 1.54) is 28.2 Å². The molecule has 1 N–H and O–H groups in total. The van der Waals surface area contributed by atoms with Crippen molar-refractivity contribution in [2.24, 2.45) is 0 Å². The molecule has 1 unspecified atom stereocenters. The second kappa shape index (κ2) is 10.9. The maximum Gasteiger partial charge on any atom is 0.267 e. The molecular weight excluding hydrogens is 466 g/mol. The molecule has 0 aliphatic rings. The molecule has 1 atom stereocenters. The number of carbonyl (C=O) groups excluding carboxylic acids is 1. The quantitative estimate of drug-likeness (QED) is 0.386. The van der Waals surface area contributed by atoms with Crippen LogP contribution in [0.5, 0.6) is 5.75 Å². The van der Waals surface area contributed by atoms with Crippen LogP contribution < -0.4 is 21.2 Å². The van der Waals surface area contributed by atoms with Crippen molar-refractivity contribution in [2.45, 2.75) is 26.4 Å². The fourth-order valence-electron chi connectivity index (χ4n) is 3.45. The van der Waals surface area contributed by atoms with E-state index in [9.17, 15) is 14.4 Å². The molecule has 0 aliphatic carbocycles. The van der Waals surface area contributed by atoms with E-state index in [-0.39, 0.29) is 30.1 Å². The Morgan fingerprint density at radius 2 is 1.74 bits per heavy atom. The van der Waals surface area contributed by atoms with Gasteiger partial charge in [0, 0.05) is 24.2 Å². The highest BCUT2D eigenvalue weighted by Gasteiger charge is 2.18. The third kappa shape index (κ3) is 5.72. The van der Waals surface area contributed by atoms with Crippen molar-refractivity contribution in [1.82, 2.24) is 24.9 Å². The first-order valence-electron chi connectivity index (χ1n) is 11.2. The zero-order valence-electron chi connectivity index (χ0n) is 19.4. The van der Waals surface area contributed by atoms with Gasteiger partial charge in [-0.15, -0.1) is 11.3 Å². The Hall–Kier alpha value is -4.05. The van der Waals surface area contributed by atoms with Gasteiger partial charge in [0.1, 0.15) is 17.5 Å². The number of rotatable bonds is 9. The van der Waals surface area contributed by atoms with Crippen LogP contribution in [-0.4, -0.2) is 38.6 Å². The van der Waals surface area contributed by atoms with Crippen molar-refractivity contribution >= 4 is 17.2 Å². The van der Waals surface area contributed by atoms with Crippen molar-refractivity contribution in [3.8, 4) is 27.6 Å². The maximum atomic E-state index is 12.8. The lowest BCUT2D eigenvalue weighted by molar-refractivity contribution is -0.124.